The van der Waals surface area contributed by atoms with E-state index in [4.69, 9.17) is 5.11 Å². The number of non-ortho nitro benzene ring substituents is 1. The monoisotopic (exact) mass is 712 g/mol. The molecule has 272 valence electrons. The van der Waals surface area contributed by atoms with E-state index in [9.17, 15) is 24.8 Å². The molecule has 0 unspecified atom stereocenters. The van der Waals surface area contributed by atoms with Crippen molar-refractivity contribution in [2.24, 2.45) is 0 Å². The van der Waals surface area contributed by atoms with Crippen LogP contribution in [0.5, 0.6) is 0 Å². The van der Waals surface area contributed by atoms with Crippen LogP contribution in [0, 0.1) is 17.0 Å². The normalized spacial score (nSPS) is 16.3. The molecule has 2 aliphatic rings. The molecule has 0 amide bonds. The molecule has 0 spiro atoms. The first kappa shape index (κ1) is 38.1. The van der Waals surface area contributed by atoms with Gasteiger partial charge in [-0.25, -0.2) is 0 Å². The molecule has 0 atom stereocenters. The van der Waals surface area contributed by atoms with Crippen LogP contribution in [0.4, 0.5) is 17.1 Å². The van der Waals surface area contributed by atoms with Crippen LogP contribution in [0.2, 0.25) is 0 Å². The summed E-state index contributed by atoms with van der Waals surface area (Å²) in [6, 6.07) is 17.4. The fourth-order valence-corrected chi connectivity index (χ4v) is 7.35. The van der Waals surface area contributed by atoms with Crippen LogP contribution in [0.15, 0.2) is 109 Å². The van der Waals surface area contributed by atoms with Crippen LogP contribution < -0.4 is 5.32 Å². The third-order valence-electron chi connectivity index (χ3n) is 10.1. The summed E-state index contributed by atoms with van der Waals surface area (Å²) in [6.45, 7) is 16.7. The fourth-order valence-electron chi connectivity index (χ4n) is 7.35. The van der Waals surface area contributed by atoms with Crippen molar-refractivity contribution in [3.8, 4) is 0 Å². The number of hydrogen-bond donors (Lipinski definition) is 3. The first-order valence-corrected chi connectivity index (χ1v) is 17.6. The second kappa shape index (κ2) is 15.3. The van der Waals surface area contributed by atoms with E-state index in [0.29, 0.717) is 6.54 Å². The number of fused-ring (bicyclic) bond motifs is 6. The van der Waals surface area contributed by atoms with Gasteiger partial charge >= 0.3 is 11.9 Å². The lowest BCUT2D eigenvalue weighted by Crippen LogP contribution is -2.29. The van der Waals surface area contributed by atoms with E-state index in [2.05, 4.69) is 81.4 Å². The lowest BCUT2D eigenvalue weighted by atomic mass is 9.76. The third-order valence-corrected chi connectivity index (χ3v) is 10.1. The molecule has 0 radical (unpaired) electrons. The highest BCUT2D eigenvalue weighted by Crippen LogP contribution is 2.49. The molecule has 3 N–H and O–H groups in total. The SMILES string of the molecule is C=C/C=C\c1c2c(c3ccccc3c1C)[N+](CCC(=O)O)=C(/C=C/C=C/C=C1\Nc3c(ccc4ccc([N+](=O)[O-])cc34)C1(C)C)C2(C)C.CCC(=O)O. The van der Waals surface area contributed by atoms with Crippen LogP contribution in [0.3, 0.4) is 0 Å². The number of nitro groups is 1. The minimum absolute atomic E-state index is 0.00792. The maximum Gasteiger partial charge on any atom is 0.309 e. The van der Waals surface area contributed by atoms with Crippen molar-refractivity contribution in [1.29, 1.82) is 0 Å². The number of nitrogens with one attached hydrogen (secondary N) is 1. The summed E-state index contributed by atoms with van der Waals surface area (Å²) in [5.41, 5.74) is 7.88. The molecule has 0 saturated carbocycles. The lowest BCUT2D eigenvalue weighted by molar-refractivity contribution is -0.435. The molecule has 6 rings (SSSR count). The first-order valence-electron chi connectivity index (χ1n) is 17.6. The largest absolute Gasteiger partial charge is 0.481 e. The van der Waals surface area contributed by atoms with Crippen molar-refractivity contribution in [3.63, 3.8) is 0 Å². The van der Waals surface area contributed by atoms with Crippen molar-refractivity contribution < 1.29 is 29.3 Å². The van der Waals surface area contributed by atoms with Gasteiger partial charge in [-0.2, -0.15) is 4.58 Å². The number of carboxylic acids is 2. The molecule has 2 heterocycles. The lowest BCUT2D eigenvalue weighted by Gasteiger charge is -2.20. The Morgan fingerprint density at radius 1 is 0.906 bits per heavy atom. The highest BCUT2D eigenvalue weighted by atomic mass is 16.6. The predicted molar refractivity (Wildman–Crippen MR) is 215 cm³/mol. The number of benzene rings is 4. The molecule has 0 aromatic heterocycles. The molecule has 0 saturated heterocycles. The first-order chi connectivity index (χ1) is 25.1. The molecule has 0 aliphatic carbocycles. The van der Waals surface area contributed by atoms with E-state index >= 15 is 0 Å². The summed E-state index contributed by atoms with van der Waals surface area (Å²) in [4.78, 5) is 32.3. The van der Waals surface area contributed by atoms with Crippen molar-refractivity contribution in [1.82, 2.24) is 0 Å². The number of nitrogens with zero attached hydrogens (tertiary/aromatic N) is 2. The van der Waals surface area contributed by atoms with Gasteiger partial charge in [0.05, 0.1) is 21.4 Å². The molecule has 9 nitrogen and oxygen atoms in total. The van der Waals surface area contributed by atoms with Gasteiger partial charge in [-0.1, -0.05) is 94.1 Å². The number of nitro benzene ring substituents is 1. The molecule has 4 aromatic rings. The number of hydrogen-bond acceptors (Lipinski definition) is 5. The highest BCUT2D eigenvalue weighted by molar-refractivity contribution is 6.10. The van der Waals surface area contributed by atoms with E-state index in [0.717, 1.165) is 55.5 Å². The smallest absolute Gasteiger partial charge is 0.309 e. The van der Waals surface area contributed by atoms with E-state index in [-0.39, 0.29) is 28.9 Å². The van der Waals surface area contributed by atoms with Crippen LogP contribution in [0.1, 0.15) is 69.7 Å². The van der Waals surface area contributed by atoms with Crippen LogP contribution >= 0.6 is 0 Å². The maximum atomic E-state index is 11.8. The number of aliphatic carboxylic acids is 2. The Balaban J connectivity index is 0.00000101. The number of carboxylic acid groups (broad SMARTS) is 2. The van der Waals surface area contributed by atoms with Gasteiger partial charge in [0, 0.05) is 46.7 Å². The summed E-state index contributed by atoms with van der Waals surface area (Å²) in [5.74, 6) is -1.58. The molecule has 0 bridgehead atoms. The summed E-state index contributed by atoms with van der Waals surface area (Å²) in [5, 5.41) is 36.5. The second-order valence-corrected chi connectivity index (χ2v) is 14.2. The zero-order valence-electron chi connectivity index (χ0n) is 31.1. The number of rotatable bonds is 10. The van der Waals surface area contributed by atoms with Crippen molar-refractivity contribution in [2.75, 3.05) is 11.9 Å². The van der Waals surface area contributed by atoms with Gasteiger partial charge in [0.2, 0.25) is 5.69 Å². The Morgan fingerprint density at radius 2 is 1.58 bits per heavy atom. The third kappa shape index (κ3) is 7.33. The number of allylic oxidation sites excluding steroid dienone is 8. The molecular weight excluding hydrogens is 666 g/mol. The number of aryl methyl sites for hydroxylation is 1. The zero-order chi connectivity index (χ0) is 38.7. The van der Waals surface area contributed by atoms with E-state index in [1.807, 2.05) is 48.6 Å². The van der Waals surface area contributed by atoms with Gasteiger partial charge in [-0.05, 0) is 66.4 Å². The van der Waals surface area contributed by atoms with Crippen molar-refractivity contribution in [3.05, 3.63) is 142 Å². The summed E-state index contributed by atoms with van der Waals surface area (Å²) >= 11 is 0. The van der Waals surface area contributed by atoms with Gasteiger partial charge in [0.15, 0.2) is 12.3 Å². The Bertz CT molecular complexity index is 2320. The van der Waals surface area contributed by atoms with E-state index in [1.165, 1.54) is 17.2 Å². The van der Waals surface area contributed by atoms with Crippen LogP contribution in [0.25, 0.3) is 27.6 Å². The minimum atomic E-state index is -0.839. The van der Waals surface area contributed by atoms with Crippen LogP contribution in [-0.2, 0) is 20.4 Å². The molecule has 4 aromatic carbocycles. The molecule has 0 fully saturated rings. The van der Waals surface area contributed by atoms with Gasteiger partial charge in [0.25, 0.3) is 5.69 Å². The number of anilines is 1. The topological polar surface area (TPSA) is 133 Å². The Morgan fingerprint density at radius 3 is 2.23 bits per heavy atom. The highest BCUT2D eigenvalue weighted by Gasteiger charge is 2.47. The Labute approximate surface area is 309 Å². The van der Waals surface area contributed by atoms with Crippen molar-refractivity contribution in [2.45, 2.75) is 65.2 Å². The molecule has 2 aliphatic heterocycles. The molecule has 9 heteroatoms. The van der Waals surface area contributed by atoms with E-state index in [1.54, 1.807) is 25.1 Å². The summed E-state index contributed by atoms with van der Waals surface area (Å²) in [6.07, 6.45) is 16.2. The van der Waals surface area contributed by atoms with Crippen molar-refractivity contribution >= 4 is 62.3 Å². The number of carbonyl (C=O) groups is 2. The fraction of sp³-hybridized carbons (Fsp3) is 0.250. The molecule has 53 heavy (non-hydrogen) atoms. The zero-order valence-corrected chi connectivity index (χ0v) is 31.1. The average molecular weight is 713 g/mol. The quantitative estimate of drug-likeness (QED) is 0.0645. The Kier molecular flexibility index (Phi) is 11.0. The van der Waals surface area contributed by atoms with Gasteiger partial charge < -0.3 is 15.5 Å². The standard InChI is InChI=1S/C41H39N3O4.C3H6O2/c1-7-8-14-30-26(2)29-15-12-13-16-31(29)39-37(30)41(5,6)35(43(39)24-23-36(45)46)18-11-9-10-17-34-40(3,4)33-22-20-27-19-21-28(44(47)48)25-32(27)38(33)42-34;1-2-3(4)5/h7-22,25H,1,23-24H2,2-6H3,(H,45,46);2H2,1H3,(H,4,5)/p+1/b14-8-;. The average Bonchev–Trinajstić information content (AvgIpc) is 3.51. The summed E-state index contributed by atoms with van der Waals surface area (Å²) < 4.78 is 2.18. The van der Waals surface area contributed by atoms with E-state index < -0.39 is 17.4 Å². The minimum Gasteiger partial charge on any atom is -0.481 e. The second-order valence-electron chi connectivity index (χ2n) is 14.2. The summed E-state index contributed by atoms with van der Waals surface area (Å²) in [7, 11) is 0. The predicted octanol–water partition coefficient (Wildman–Crippen LogP) is 10.1. The van der Waals surface area contributed by atoms with Gasteiger partial charge in [0.1, 0.15) is 6.42 Å². The Hall–Kier alpha value is -6.09. The van der Waals surface area contributed by atoms with Gasteiger partial charge in [-0.15, -0.1) is 0 Å². The van der Waals surface area contributed by atoms with Gasteiger partial charge in [-0.3, -0.25) is 19.7 Å². The molecular formula is C44H46N3O6+. The van der Waals surface area contributed by atoms with Crippen LogP contribution in [-0.4, -0.2) is 43.9 Å². The maximum absolute atomic E-state index is 11.8.